The summed E-state index contributed by atoms with van der Waals surface area (Å²) in [5, 5.41) is 9.34. The third-order valence-electron chi connectivity index (χ3n) is 0.303. The van der Waals surface area contributed by atoms with Crippen molar-refractivity contribution in [1.29, 1.82) is 0 Å². The van der Waals surface area contributed by atoms with Crippen LogP contribution in [0.3, 0.4) is 0 Å². The zero-order chi connectivity index (χ0) is 4.99. The molecule has 2 nitrogen and oxygen atoms in total. The number of hydrogen-bond donors (Lipinski definition) is 0. The van der Waals surface area contributed by atoms with E-state index in [9.17, 15) is 9.90 Å². The molecule has 0 atom stereocenters. The minimum Gasteiger partial charge on any atom is -0.878 e. The van der Waals surface area contributed by atoms with Gasteiger partial charge in [0, 0.05) is 0 Å². The van der Waals surface area contributed by atoms with E-state index < -0.39 is 0 Å². The molecule has 0 radical (unpaired) electrons. The smallest absolute Gasteiger partial charge is 0.878 e. The fraction of sp³-hybridized carbons (Fsp3) is 0.250. The fourth-order valence-corrected chi connectivity index (χ4v) is 0.0958. The van der Waals surface area contributed by atoms with Gasteiger partial charge in [0.15, 0.2) is 5.78 Å². The molecule has 0 aromatic carbocycles. The summed E-state index contributed by atoms with van der Waals surface area (Å²) in [5.41, 5.74) is 0. The van der Waals surface area contributed by atoms with Crippen molar-refractivity contribution in [2.75, 3.05) is 0 Å². The molecule has 0 aliphatic rings. The summed E-state index contributed by atoms with van der Waals surface area (Å²) in [6.07, 6.45) is 1.45. The van der Waals surface area contributed by atoms with E-state index in [0.29, 0.717) is 6.26 Å². The largest absolute Gasteiger partial charge is 1.00 e. The van der Waals surface area contributed by atoms with Gasteiger partial charge in [-0.25, -0.2) is 0 Å². The summed E-state index contributed by atoms with van der Waals surface area (Å²) in [5.74, 6) is -0.204. The minimum absolute atomic E-state index is 0. The maximum Gasteiger partial charge on any atom is 1.00 e. The van der Waals surface area contributed by atoms with E-state index >= 15 is 0 Å². The quantitative estimate of drug-likeness (QED) is 0.206. The number of rotatable bonds is 1. The summed E-state index contributed by atoms with van der Waals surface area (Å²) < 4.78 is 0. The second-order valence-electron chi connectivity index (χ2n) is 0.913. The molecule has 7 heavy (non-hydrogen) atoms. The van der Waals surface area contributed by atoms with Gasteiger partial charge in [-0.05, 0) is 13.0 Å². The van der Waals surface area contributed by atoms with E-state index in [1.54, 1.807) is 0 Å². The molecular formula is C4H5KO2. The van der Waals surface area contributed by atoms with Gasteiger partial charge in [0.1, 0.15) is 0 Å². The first-order valence-electron chi connectivity index (χ1n) is 1.56. The summed E-state index contributed by atoms with van der Waals surface area (Å²) in [7, 11) is 0. The monoisotopic (exact) mass is 124 g/mol. The third kappa shape index (κ3) is 10.9. The van der Waals surface area contributed by atoms with Gasteiger partial charge in [0.2, 0.25) is 0 Å². The van der Waals surface area contributed by atoms with Crippen molar-refractivity contribution in [3.05, 3.63) is 12.3 Å². The standard InChI is InChI=1S/C4H6O2.K/c1-4(6)2-3-5;/h2-3,5H,1H3;/q;+1/p-1/b3-2+;. The minimum atomic E-state index is -0.204. The molecule has 0 unspecified atom stereocenters. The van der Waals surface area contributed by atoms with Crippen LogP contribution in [-0.4, -0.2) is 5.78 Å². The number of carbonyl (C=O) groups excluding carboxylic acids is 1. The molecule has 0 aromatic rings. The van der Waals surface area contributed by atoms with Gasteiger partial charge in [0.25, 0.3) is 0 Å². The molecule has 0 heterocycles. The first-order valence-corrected chi connectivity index (χ1v) is 1.56. The van der Waals surface area contributed by atoms with Gasteiger partial charge >= 0.3 is 51.4 Å². The Kier molecular flexibility index (Phi) is 10.5. The average Bonchev–Trinajstić information content (AvgIpc) is 1.35. The van der Waals surface area contributed by atoms with Gasteiger partial charge in [-0.3, -0.25) is 4.79 Å². The Bertz CT molecular complexity index is 77.8. The van der Waals surface area contributed by atoms with Crippen LogP contribution in [0.4, 0.5) is 0 Å². The molecular weight excluding hydrogens is 119 g/mol. The van der Waals surface area contributed by atoms with Crippen molar-refractivity contribution in [3.8, 4) is 0 Å². The average molecular weight is 124 g/mol. The van der Waals surface area contributed by atoms with Crippen molar-refractivity contribution < 1.29 is 61.3 Å². The van der Waals surface area contributed by atoms with Crippen LogP contribution in [0.15, 0.2) is 12.3 Å². The maximum atomic E-state index is 9.76. The van der Waals surface area contributed by atoms with Crippen molar-refractivity contribution in [2.24, 2.45) is 0 Å². The Morgan fingerprint density at radius 2 is 2.14 bits per heavy atom. The van der Waals surface area contributed by atoms with Crippen molar-refractivity contribution >= 4 is 5.78 Å². The molecule has 0 bridgehead atoms. The molecule has 0 spiro atoms. The van der Waals surface area contributed by atoms with Gasteiger partial charge in [-0.1, -0.05) is 0 Å². The summed E-state index contributed by atoms with van der Waals surface area (Å²) >= 11 is 0. The molecule has 0 fully saturated rings. The first kappa shape index (κ1) is 10.8. The van der Waals surface area contributed by atoms with Crippen LogP contribution >= 0.6 is 0 Å². The summed E-state index contributed by atoms with van der Waals surface area (Å²) in [6, 6.07) is 0. The Morgan fingerprint density at radius 1 is 1.71 bits per heavy atom. The molecule has 0 rings (SSSR count). The Morgan fingerprint density at radius 3 is 2.14 bits per heavy atom. The van der Waals surface area contributed by atoms with Crippen LogP contribution in [0.25, 0.3) is 0 Å². The molecule has 0 aliphatic heterocycles. The predicted molar refractivity (Wildman–Crippen MR) is 19.8 cm³/mol. The van der Waals surface area contributed by atoms with Crippen molar-refractivity contribution in [3.63, 3.8) is 0 Å². The zero-order valence-corrected chi connectivity index (χ0v) is 7.59. The molecule has 0 N–H and O–H groups in total. The Balaban J connectivity index is 0. The van der Waals surface area contributed by atoms with Crippen LogP contribution in [0, 0.1) is 0 Å². The van der Waals surface area contributed by atoms with E-state index in [-0.39, 0.29) is 57.2 Å². The SMILES string of the molecule is CC(=O)/C=C/[O-].[K+]. The van der Waals surface area contributed by atoms with E-state index in [1.807, 2.05) is 0 Å². The molecule has 3 heteroatoms. The molecule has 34 valence electrons. The number of carbonyl (C=O) groups is 1. The number of ketones is 1. The fourth-order valence-electron chi connectivity index (χ4n) is 0.0958. The molecule has 0 amide bonds. The van der Waals surface area contributed by atoms with Crippen LogP contribution in [-0.2, 0) is 4.79 Å². The van der Waals surface area contributed by atoms with Crippen LogP contribution in [0.2, 0.25) is 0 Å². The van der Waals surface area contributed by atoms with E-state index in [0.717, 1.165) is 6.08 Å². The van der Waals surface area contributed by atoms with Crippen LogP contribution in [0.5, 0.6) is 0 Å². The Labute approximate surface area is 85.0 Å². The van der Waals surface area contributed by atoms with Crippen molar-refractivity contribution in [2.45, 2.75) is 6.92 Å². The van der Waals surface area contributed by atoms with Gasteiger partial charge in [-0.15, -0.1) is 6.26 Å². The Hall–Kier alpha value is 0.846. The number of hydrogen-bond acceptors (Lipinski definition) is 2. The van der Waals surface area contributed by atoms with Crippen LogP contribution in [0.1, 0.15) is 6.92 Å². The van der Waals surface area contributed by atoms with E-state index in [2.05, 4.69) is 0 Å². The summed E-state index contributed by atoms with van der Waals surface area (Å²) in [4.78, 5) is 9.76. The number of allylic oxidation sites excluding steroid dienone is 1. The second kappa shape index (κ2) is 6.85. The van der Waals surface area contributed by atoms with Gasteiger partial charge in [-0.2, -0.15) is 0 Å². The molecule has 0 saturated carbocycles. The molecule has 0 aliphatic carbocycles. The molecule has 0 aromatic heterocycles. The van der Waals surface area contributed by atoms with E-state index in [4.69, 9.17) is 0 Å². The third-order valence-corrected chi connectivity index (χ3v) is 0.303. The second-order valence-corrected chi connectivity index (χ2v) is 0.913. The molecule has 0 saturated heterocycles. The van der Waals surface area contributed by atoms with Crippen molar-refractivity contribution in [1.82, 2.24) is 0 Å². The first-order chi connectivity index (χ1) is 2.77. The normalized spacial score (nSPS) is 8.14. The van der Waals surface area contributed by atoms with Gasteiger partial charge < -0.3 is 5.11 Å². The summed E-state index contributed by atoms with van der Waals surface area (Å²) in [6.45, 7) is 1.33. The van der Waals surface area contributed by atoms with E-state index in [1.165, 1.54) is 6.92 Å². The predicted octanol–water partition coefficient (Wildman–Crippen LogP) is -3.55. The van der Waals surface area contributed by atoms with Crippen LogP contribution < -0.4 is 56.5 Å². The van der Waals surface area contributed by atoms with Gasteiger partial charge in [0.05, 0.1) is 0 Å². The topological polar surface area (TPSA) is 40.1 Å². The zero-order valence-electron chi connectivity index (χ0n) is 4.47. The maximum absolute atomic E-state index is 9.76.